The number of aromatic nitrogens is 1. The van der Waals surface area contributed by atoms with Crippen molar-refractivity contribution in [3.8, 4) is 5.88 Å². The quantitative estimate of drug-likeness (QED) is 0.841. The SMILES string of the molecule is CC(C)(C)Oc1ccc(C(=O)N2CCCSCC2)cn1. The van der Waals surface area contributed by atoms with Crippen LogP contribution in [-0.4, -0.2) is 46.0 Å². The molecular formula is C15H22N2O2S. The standard InChI is InChI=1S/C15H22N2O2S/c1-15(2,3)19-13-6-5-12(11-16-13)14(18)17-7-4-9-20-10-8-17/h5-6,11H,4,7-10H2,1-3H3. The summed E-state index contributed by atoms with van der Waals surface area (Å²) in [5.41, 5.74) is 0.360. The Morgan fingerprint density at radius 3 is 2.75 bits per heavy atom. The number of hydrogen-bond acceptors (Lipinski definition) is 4. The van der Waals surface area contributed by atoms with Gasteiger partial charge in [0.2, 0.25) is 5.88 Å². The van der Waals surface area contributed by atoms with Crippen molar-refractivity contribution in [3.63, 3.8) is 0 Å². The largest absolute Gasteiger partial charge is 0.472 e. The minimum Gasteiger partial charge on any atom is -0.472 e. The molecule has 1 amide bonds. The topological polar surface area (TPSA) is 42.4 Å². The average Bonchev–Trinajstić information content (AvgIpc) is 2.66. The number of ether oxygens (including phenoxy) is 1. The molecule has 1 saturated heterocycles. The molecular weight excluding hydrogens is 272 g/mol. The zero-order valence-corrected chi connectivity index (χ0v) is 13.2. The molecule has 1 aliphatic heterocycles. The van der Waals surface area contributed by atoms with Crippen LogP contribution in [0.5, 0.6) is 5.88 Å². The second-order valence-corrected chi connectivity index (χ2v) is 7.08. The summed E-state index contributed by atoms with van der Waals surface area (Å²) in [6.07, 6.45) is 2.68. The molecule has 5 heteroatoms. The molecule has 2 heterocycles. The molecule has 0 bridgehead atoms. The van der Waals surface area contributed by atoms with Crippen molar-refractivity contribution in [1.29, 1.82) is 0 Å². The van der Waals surface area contributed by atoms with E-state index in [2.05, 4.69) is 4.98 Å². The summed E-state index contributed by atoms with van der Waals surface area (Å²) in [4.78, 5) is 18.5. The molecule has 0 radical (unpaired) electrons. The Kier molecular flexibility index (Phi) is 4.91. The van der Waals surface area contributed by atoms with Crippen LogP contribution < -0.4 is 4.74 Å². The van der Waals surface area contributed by atoms with Crippen LogP contribution in [0.25, 0.3) is 0 Å². The van der Waals surface area contributed by atoms with Crippen LogP contribution in [0.4, 0.5) is 0 Å². The van der Waals surface area contributed by atoms with E-state index in [0.29, 0.717) is 11.4 Å². The van der Waals surface area contributed by atoms with Gasteiger partial charge in [-0.2, -0.15) is 11.8 Å². The van der Waals surface area contributed by atoms with Crippen LogP contribution in [0.3, 0.4) is 0 Å². The predicted octanol–water partition coefficient (Wildman–Crippen LogP) is 2.84. The third-order valence-electron chi connectivity index (χ3n) is 2.90. The number of nitrogens with zero attached hydrogens (tertiary/aromatic N) is 2. The van der Waals surface area contributed by atoms with Crippen molar-refractivity contribution >= 4 is 17.7 Å². The first-order valence-corrected chi connectivity index (χ1v) is 8.13. The molecule has 0 aromatic carbocycles. The Morgan fingerprint density at radius 1 is 1.30 bits per heavy atom. The number of carbonyl (C=O) groups excluding carboxylic acids is 1. The van der Waals surface area contributed by atoms with Gasteiger partial charge in [-0.3, -0.25) is 4.79 Å². The third-order valence-corrected chi connectivity index (χ3v) is 3.95. The molecule has 2 rings (SSSR count). The lowest BCUT2D eigenvalue weighted by Gasteiger charge is -2.21. The van der Waals surface area contributed by atoms with E-state index in [4.69, 9.17) is 4.74 Å². The van der Waals surface area contributed by atoms with Gasteiger partial charge in [0.15, 0.2) is 0 Å². The third kappa shape index (κ3) is 4.40. The maximum atomic E-state index is 12.4. The summed E-state index contributed by atoms with van der Waals surface area (Å²) in [5.74, 6) is 2.79. The molecule has 1 fully saturated rings. The van der Waals surface area contributed by atoms with E-state index >= 15 is 0 Å². The highest BCUT2D eigenvalue weighted by Gasteiger charge is 2.18. The number of amides is 1. The second-order valence-electron chi connectivity index (χ2n) is 5.86. The van der Waals surface area contributed by atoms with Crippen LogP contribution in [0.1, 0.15) is 37.6 Å². The highest BCUT2D eigenvalue weighted by molar-refractivity contribution is 7.99. The number of hydrogen-bond donors (Lipinski definition) is 0. The molecule has 0 saturated carbocycles. The van der Waals surface area contributed by atoms with Gasteiger partial charge in [-0.05, 0) is 39.0 Å². The zero-order valence-electron chi connectivity index (χ0n) is 12.4. The van der Waals surface area contributed by atoms with E-state index in [1.54, 1.807) is 18.3 Å². The van der Waals surface area contributed by atoms with Crippen molar-refractivity contribution in [1.82, 2.24) is 9.88 Å². The van der Waals surface area contributed by atoms with Gasteiger partial charge in [-0.15, -0.1) is 0 Å². The molecule has 0 aliphatic carbocycles. The van der Waals surface area contributed by atoms with Crippen LogP contribution >= 0.6 is 11.8 Å². The van der Waals surface area contributed by atoms with E-state index in [1.807, 2.05) is 37.4 Å². The molecule has 0 atom stereocenters. The van der Waals surface area contributed by atoms with Gasteiger partial charge in [-0.25, -0.2) is 4.98 Å². The molecule has 0 spiro atoms. The molecule has 1 aliphatic rings. The van der Waals surface area contributed by atoms with Gasteiger partial charge in [0.05, 0.1) is 5.56 Å². The molecule has 1 aromatic rings. The Hall–Kier alpha value is -1.23. The summed E-state index contributed by atoms with van der Waals surface area (Å²) >= 11 is 1.91. The summed E-state index contributed by atoms with van der Waals surface area (Å²) in [6, 6.07) is 3.57. The summed E-state index contributed by atoms with van der Waals surface area (Å²) in [5, 5.41) is 0. The number of thioether (sulfide) groups is 1. The van der Waals surface area contributed by atoms with E-state index in [1.165, 1.54) is 0 Å². The van der Waals surface area contributed by atoms with Gasteiger partial charge in [0.25, 0.3) is 5.91 Å². The van der Waals surface area contributed by atoms with Crippen molar-refractivity contribution < 1.29 is 9.53 Å². The first kappa shape index (κ1) is 15.2. The minimum absolute atomic E-state index is 0.0716. The number of pyridine rings is 1. The van der Waals surface area contributed by atoms with Gasteiger partial charge < -0.3 is 9.64 Å². The maximum Gasteiger partial charge on any atom is 0.255 e. The molecule has 0 unspecified atom stereocenters. The first-order valence-electron chi connectivity index (χ1n) is 6.98. The van der Waals surface area contributed by atoms with Crippen molar-refractivity contribution in [3.05, 3.63) is 23.9 Å². The Bertz CT molecular complexity index is 446. The fraction of sp³-hybridized carbons (Fsp3) is 0.600. The van der Waals surface area contributed by atoms with Gasteiger partial charge in [0, 0.05) is 31.1 Å². The van der Waals surface area contributed by atoms with Gasteiger partial charge in [0.1, 0.15) is 5.60 Å². The van der Waals surface area contributed by atoms with Crippen molar-refractivity contribution in [2.24, 2.45) is 0 Å². The average molecular weight is 294 g/mol. The van der Waals surface area contributed by atoms with Gasteiger partial charge >= 0.3 is 0 Å². The van der Waals surface area contributed by atoms with Crippen molar-refractivity contribution in [2.45, 2.75) is 32.8 Å². The smallest absolute Gasteiger partial charge is 0.255 e. The second kappa shape index (κ2) is 6.48. The Morgan fingerprint density at radius 2 is 2.10 bits per heavy atom. The fourth-order valence-corrected chi connectivity index (χ4v) is 2.90. The molecule has 4 nitrogen and oxygen atoms in total. The Labute approximate surface area is 124 Å². The molecule has 110 valence electrons. The van der Waals surface area contributed by atoms with Crippen LogP contribution in [0.2, 0.25) is 0 Å². The lowest BCUT2D eigenvalue weighted by Crippen LogP contribution is -2.33. The maximum absolute atomic E-state index is 12.4. The normalized spacial score (nSPS) is 16.6. The van der Waals surface area contributed by atoms with E-state index in [0.717, 1.165) is 31.0 Å². The highest BCUT2D eigenvalue weighted by atomic mass is 32.2. The lowest BCUT2D eigenvalue weighted by molar-refractivity contribution is 0.0768. The van der Waals surface area contributed by atoms with Crippen molar-refractivity contribution in [2.75, 3.05) is 24.6 Å². The molecule has 0 N–H and O–H groups in total. The van der Waals surface area contributed by atoms with E-state index in [-0.39, 0.29) is 11.5 Å². The summed E-state index contributed by atoms with van der Waals surface area (Å²) in [7, 11) is 0. The predicted molar refractivity (Wildman–Crippen MR) is 82.5 cm³/mol. The van der Waals surface area contributed by atoms with Crippen LogP contribution in [0, 0.1) is 0 Å². The Balaban J connectivity index is 2.03. The van der Waals surface area contributed by atoms with E-state index in [9.17, 15) is 4.79 Å². The highest BCUT2D eigenvalue weighted by Crippen LogP contribution is 2.17. The molecule has 1 aromatic heterocycles. The monoisotopic (exact) mass is 294 g/mol. The summed E-state index contributed by atoms with van der Waals surface area (Å²) in [6.45, 7) is 7.59. The summed E-state index contributed by atoms with van der Waals surface area (Å²) < 4.78 is 5.66. The first-order chi connectivity index (χ1) is 9.46. The van der Waals surface area contributed by atoms with E-state index < -0.39 is 0 Å². The zero-order chi connectivity index (χ0) is 14.6. The molecule has 20 heavy (non-hydrogen) atoms. The van der Waals surface area contributed by atoms with Crippen LogP contribution in [0.15, 0.2) is 18.3 Å². The fourth-order valence-electron chi connectivity index (χ4n) is 2.01. The minimum atomic E-state index is -0.277. The number of carbonyl (C=O) groups is 1. The lowest BCUT2D eigenvalue weighted by atomic mass is 10.2. The van der Waals surface area contributed by atoms with Crippen LogP contribution in [-0.2, 0) is 0 Å². The number of rotatable bonds is 2. The van der Waals surface area contributed by atoms with Gasteiger partial charge in [-0.1, -0.05) is 0 Å².